The standard InChI is InChI=1S/C13H16FN3O/c1-9(2)12(17-15)8-16-10(3)18-13-7-5-4-6-11(13)14/h4-8,17H,1,15H2,2-3H3/b12-8+,16-10?. The van der Waals surface area contributed by atoms with Crippen molar-refractivity contribution in [2.24, 2.45) is 10.8 Å². The van der Waals surface area contributed by atoms with Gasteiger partial charge in [0.05, 0.1) is 11.9 Å². The van der Waals surface area contributed by atoms with Crippen LogP contribution in [-0.4, -0.2) is 5.90 Å². The Morgan fingerprint density at radius 3 is 2.67 bits per heavy atom. The van der Waals surface area contributed by atoms with Gasteiger partial charge in [0.2, 0.25) is 0 Å². The summed E-state index contributed by atoms with van der Waals surface area (Å²) in [5.74, 6) is 5.28. The second-order valence-electron chi connectivity index (χ2n) is 3.65. The Balaban J connectivity index is 2.80. The molecule has 0 bridgehead atoms. The van der Waals surface area contributed by atoms with Crippen LogP contribution in [0.1, 0.15) is 13.8 Å². The van der Waals surface area contributed by atoms with Crippen molar-refractivity contribution in [2.75, 3.05) is 0 Å². The van der Waals surface area contributed by atoms with Gasteiger partial charge in [-0.1, -0.05) is 18.7 Å². The molecule has 0 spiro atoms. The summed E-state index contributed by atoms with van der Waals surface area (Å²) in [5.41, 5.74) is 3.77. The largest absolute Gasteiger partial charge is 0.440 e. The number of allylic oxidation sites excluding steroid dienone is 1. The van der Waals surface area contributed by atoms with Crippen LogP contribution in [0.5, 0.6) is 5.75 Å². The molecule has 0 atom stereocenters. The lowest BCUT2D eigenvalue weighted by molar-refractivity contribution is 0.488. The highest BCUT2D eigenvalue weighted by atomic mass is 19.1. The van der Waals surface area contributed by atoms with E-state index in [0.717, 1.165) is 5.57 Å². The molecule has 0 aliphatic heterocycles. The van der Waals surface area contributed by atoms with Crippen molar-refractivity contribution >= 4 is 5.90 Å². The molecule has 4 nitrogen and oxygen atoms in total. The molecule has 0 heterocycles. The predicted octanol–water partition coefficient (Wildman–Crippen LogP) is 2.50. The van der Waals surface area contributed by atoms with Crippen LogP contribution in [0.2, 0.25) is 0 Å². The molecule has 0 aliphatic carbocycles. The van der Waals surface area contributed by atoms with Crippen molar-refractivity contribution < 1.29 is 9.13 Å². The molecule has 1 rings (SSSR count). The average molecular weight is 249 g/mol. The molecule has 0 saturated heterocycles. The summed E-state index contributed by atoms with van der Waals surface area (Å²) >= 11 is 0. The summed E-state index contributed by atoms with van der Waals surface area (Å²) in [7, 11) is 0. The summed E-state index contributed by atoms with van der Waals surface area (Å²) in [6, 6.07) is 6.12. The van der Waals surface area contributed by atoms with Gasteiger partial charge in [0.25, 0.3) is 0 Å². The van der Waals surface area contributed by atoms with E-state index >= 15 is 0 Å². The molecule has 1 aromatic rings. The molecule has 96 valence electrons. The normalized spacial score (nSPS) is 12.2. The fraction of sp³-hybridized carbons (Fsp3) is 0.154. The molecule has 0 fully saturated rings. The van der Waals surface area contributed by atoms with Gasteiger partial charge in [-0.15, -0.1) is 0 Å². The minimum absolute atomic E-state index is 0.129. The molecule has 3 N–H and O–H groups in total. The highest BCUT2D eigenvalue weighted by molar-refractivity contribution is 5.76. The maximum Gasteiger partial charge on any atom is 0.191 e. The molecule has 0 saturated carbocycles. The number of nitrogens with two attached hydrogens (primary N) is 1. The highest BCUT2D eigenvalue weighted by Gasteiger charge is 2.02. The van der Waals surface area contributed by atoms with Crippen molar-refractivity contribution in [2.45, 2.75) is 13.8 Å². The predicted molar refractivity (Wildman–Crippen MR) is 70.4 cm³/mol. The van der Waals surface area contributed by atoms with Crippen LogP contribution in [0, 0.1) is 5.82 Å². The quantitative estimate of drug-likeness (QED) is 0.283. The summed E-state index contributed by atoms with van der Waals surface area (Å²) < 4.78 is 18.6. The smallest absolute Gasteiger partial charge is 0.191 e. The molecular formula is C13H16FN3O. The molecule has 0 amide bonds. The number of hydrogen-bond acceptors (Lipinski definition) is 4. The Labute approximate surface area is 106 Å². The first-order valence-electron chi connectivity index (χ1n) is 5.34. The van der Waals surface area contributed by atoms with E-state index in [9.17, 15) is 4.39 Å². The van der Waals surface area contributed by atoms with Gasteiger partial charge in [0.15, 0.2) is 17.5 Å². The fourth-order valence-corrected chi connectivity index (χ4v) is 1.14. The van der Waals surface area contributed by atoms with E-state index in [0.29, 0.717) is 11.6 Å². The van der Waals surface area contributed by atoms with Crippen LogP contribution >= 0.6 is 0 Å². The Kier molecular flexibility index (Phi) is 5.07. The Bertz CT molecular complexity index is 495. The molecule has 0 aromatic heterocycles. The van der Waals surface area contributed by atoms with Gasteiger partial charge in [0.1, 0.15) is 0 Å². The summed E-state index contributed by atoms with van der Waals surface area (Å²) in [6.07, 6.45) is 1.47. The van der Waals surface area contributed by atoms with Gasteiger partial charge >= 0.3 is 0 Å². The molecule has 5 heteroatoms. The molecule has 0 radical (unpaired) electrons. The minimum Gasteiger partial charge on any atom is -0.440 e. The number of rotatable bonds is 4. The van der Waals surface area contributed by atoms with E-state index in [1.54, 1.807) is 26.0 Å². The Morgan fingerprint density at radius 2 is 2.11 bits per heavy atom. The topological polar surface area (TPSA) is 59.6 Å². The van der Waals surface area contributed by atoms with E-state index in [1.165, 1.54) is 18.3 Å². The fourth-order valence-electron chi connectivity index (χ4n) is 1.14. The van der Waals surface area contributed by atoms with E-state index in [-0.39, 0.29) is 5.75 Å². The van der Waals surface area contributed by atoms with Crippen molar-refractivity contribution in [3.63, 3.8) is 0 Å². The van der Waals surface area contributed by atoms with Crippen LogP contribution in [0.3, 0.4) is 0 Å². The highest BCUT2D eigenvalue weighted by Crippen LogP contribution is 2.15. The van der Waals surface area contributed by atoms with E-state index in [1.807, 2.05) is 0 Å². The van der Waals surface area contributed by atoms with Crippen molar-refractivity contribution in [3.05, 3.63) is 54.1 Å². The van der Waals surface area contributed by atoms with Crippen molar-refractivity contribution in [3.8, 4) is 5.75 Å². The zero-order chi connectivity index (χ0) is 13.5. The lowest BCUT2D eigenvalue weighted by Gasteiger charge is -2.06. The molecule has 0 aliphatic rings. The number of para-hydroxylation sites is 1. The average Bonchev–Trinajstić information content (AvgIpc) is 2.32. The first-order valence-corrected chi connectivity index (χ1v) is 5.34. The molecule has 18 heavy (non-hydrogen) atoms. The van der Waals surface area contributed by atoms with Gasteiger partial charge in [-0.3, -0.25) is 5.84 Å². The minimum atomic E-state index is -0.437. The van der Waals surface area contributed by atoms with Crippen LogP contribution in [0.15, 0.2) is 53.3 Å². The third kappa shape index (κ3) is 4.03. The van der Waals surface area contributed by atoms with Crippen molar-refractivity contribution in [1.29, 1.82) is 0 Å². The van der Waals surface area contributed by atoms with Gasteiger partial charge in [0, 0.05) is 6.92 Å². The van der Waals surface area contributed by atoms with Gasteiger partial charge in [-0.05, 0) is 24.6 Å². The number of hydrazine groups is 1. The lowest BCUT2D eigenvalue weighted by atomic mass is 10.3. The van der Waals surface area contributed by atoms with E-state index < -0.39 is 5.82 Å². The van der Waals surface area contributed by atoms with Gasteiger partial charge in [-0.25, -0.2) is 9.38 Å². The van der Waals surface area contributed by atoms with Crippen LogP contribution in [0.4, 0.5) is 4.39 Å². The SMILES string of the molecule is C=C(C)/C(=C\N=C(C)Oc1ccccc1F)NN. The zero-order valence-electron chi connectivity index (χ0n) is 10.4. The van der Waals surface area contributed by atoms with E-state index in [2.05, 4.69) is 17.0 Å². The van der Waals surface area contributed by atoms with Crippen LogP contribution < -0.4 is 16.0 Å². The number of aliphatic imine (C=N–C) groups is 1. The molecule has 0 unspecified atom stereocenters. The summed E-state index contributed by atoms with van der Waals surface area (Å²) in [5, 5.41) is 0. The number of halogens is 1. The third-order valence-electron chi connectivity index (χ3n) is 2.09. The Morgan fingerprint density at radius 1 is 1.44 bits per heavy atom. The summed E-state index contributed by atoms with van der Waals surface area (Å²) in [4.78, 5) is 4.02. The maximum absolute atomic E-state index is 13.3. The third-order valence-corrected chi connectivity index (χ3v) is 2.09. The lowest BCUT2D eigenvalue weighted by Crippen LogP contribution is -2.21. The number of nitrogens with one attached hydrogen (secondary N) is 1. The summed E-state index contributed by atoms with van der Waals surface area (Å²) in [6.45, 7) is 7.13. The maximum atomic E-state index is 13.3. The first-order chi connectivity index (χ1) is 8.54. The number of benzene rings is 1. The van der Waals surface area contributed by atoms with Gasteiger partial charge < -0.3 is 10.2 Å². The number of ether oxygens (including phenoxy) is 1. The molecular weight excluding hydrogens is 233 g/mol. The van der Waals surface area contributed by atoms with Crippen molar-refractivity contribution in [1.82, 2.24) is 5.43 Å². The van der Waals surface area contributed by atoms with Crippen LogP contribution in [-0.2, 0) is 0 Å². The second kappa shape index (κ2) is 6.56. The monoisotopic (exact) mass is 249 g/mol. The number of nitrogens with zero attached hydrogens (tertiary/aromatic N) is 1. The zero-order valence-corrected chi connectivity index (χ0v) is 10.4. The second-order valence-corrected chi connectivity index (χ2v) is 3.65. The number of hydrogen-bond donors (Lipinski definition) is 2. The van der Waals surface area contributed by atoms with E-state index in [4.69, 9.17) is 10.6 Å². The molecule has 1 aromatic carbocycles. The van der Waals surface area contributed by atoms with Gasteiger partial charge in [-0.2, -0.15) is 0 Å². The van der Waals surface area contributed by atoms with Crippen LogP contribution in [0.25, 0.3) is 0 Å². The Hall–Kier alpha value is -2.14. The first kappa shape index (κ1) is 13.9.